The number of nitrogens with zero attached hydrogens (tertiary/aromatic N) is 2. The molecular formula is C17H25N3O. The lowest BCUT2D eigenvalue weighted by molar-refractivity contribution is 0.285. The second kappa shape index (κ2) is 7.90. The van der Waals surface area contributed by atoms with Crippen molar-refractivity contribution in [1.29, 1.82) is 5.26 Å². The molecule has 1 aromatic carbocycles. The van der Waals surface area contributed by atoms with E-state index in [-0.39, 0.29) is 0 Å². The fourth-order valence-electron chi connectivity index (χ4n) is 2.94. The van der Waals surface area contributed by atoms with Gasteiger partial charge < -0.3 is 15.0 Å². The fourth-order valence-corrected chi connectivity index (χ4v) is 2.94. The van der Waals surface area contributed by atoms with Gasteiger partial charge in [0.15, 0.2) is 0 Å². The van der Waals surface area contributed by atoms with Gasteiger partial charge >= 0.3 is 0 Å². The maximum Gasteiger partial charge on any atom is 0.143 e. The number of ether oxygens (including phenoxy) is 1. The summed E-state index contributed by atoms with van der Waals surface area (Å²) in [7, 11) is 1.65. The highest BCUT2D eigenvalue weighted by molar-refractivity contribution is 5.59. The molecule has 0 aromatic heterocycles. The molecule has 0 amide bonds. The van der Waals surface area contributed by atoms with Crippen LogP contribution in [-0.4, -0.2) is 37.7 Å². The molecule has 0 spiro atoms. The van der Waals surface area contributed by atoms with Crippen LogP contribution in [0.15, 0.2) is 18.2 Å². The maximum atomic E-state index is 8.96. The van der Waals surface area contributed by atoms with Crippen LogP contribution in [0.4, 0.5) is 5.69 Å². The highest BCUT2D eigenvalue weighted by atomic mass is 16.5. The van der Waals surface area contributed by atoms with E-state index in [1.165, 1.54) is 32.4 Å². The van der Waals surface area contributed by atoms with Crippen molar-refractivity contribution in [1.82, 2.24) is 4.90 Å². The van der Waals surface area contributed by atoms with Gasteiger partial charge in [-0.2, -0.15) is 5.26 Å². The minimum atomic E-state index is 0.480. The number of anilines is 1. The smallest absolute Gasteiger partial charge is 0.143 e. The summed E-state index contributed by atoms with van der Waals surface area (Å²) in [6.07, 6.45) is 4.80. The quantitative estimate of drug-likeness (QED) is 0.903. The third-order valence-corrected chi connectivity index (χ3v) is 4.05. The van der Waals surface area contributed by atoms with Crippen LogP contribution in [0.3, 0.4) is 0 Å². The molecule has 1 atom stereocenters. The van der Waals surface area contributed by atoms with E-state index < -0.39 is 0 Å². The van der Waals surface area contributed by atoms with Crippen LogP contribution < -0.4 is 10.1 Å². The third kappa shape index (κ3) is 4.37. The Bertz CT molecular complexity index is 495. The Hall–Kier alpha value is -1.73. The molecule has 1 saturated heterocycles. The first-order valence-corrected chi connectivity index (χ1v) is 7.83. The van der Waals surface area contributed by atoms with Gasteiger partial charge in [-0.25, -0.2) is 0 Å². The predicted octanol–water partition coefficient (Wildman–Crippen LogP) is 3.24. The monoisotopic (exact) mass is 287 g/mol. The van der Waals surface area contributed by atoms with Gasteiger partial charge in [-0.05, 0) is 50.9 Å². The standard InChI is InChI=1S/C17H25N3O/c1-3-9-20-10-4-5-15(8-11-20)19-16-7-6-14(13-18)12-17(16)21-2/h6-7,12,15,19H,3-5,8-11H2,1-2H3. The summed E-state index contributed by atoms with van der Waals surface area (Å²) < 4.78 is 5.40. The molecule has 114 valence electrons. The summed E-state index contributed by atoms with van der Waals surface area (Å²) in [4.78, 5) is 2.55. The molecule has 0 bridgehead atoms. The zero-order valence-corrected chi connectivity index (χ0v) is 13.1. The Morgan fingerprint density at radius 1 is 1.38 bits per heavy atom. The zero-order chi connectivity index (χ0) is 15.1. The summed E-state index contributed by atoms with van der Waals surface area (Å²) in [5.74, 6) is 0.753. The highest BCUT2D eigenvalue weighted by Gasteiger charge is 2.17. The van der Waals surface area contributed by atoms with Gasteiger partial charge in [0.1, 0.15) is 5.75 Å². The van der Waals surface area contributed by atoms with Crippen LogP contribution in [0.1, 0.15) is 38.2 Å². The average Bonchev–Trinajstić information content (AvgIpc) is 2.73. The van der Waals surface area contributed by atoms with E-state index in [1.807, 2.05) is 12.1 Å². The SMILES string of the molecule is CCCN1CCCC(Nc2ccc(C#N)cc2OC)CC1. The van der Waals surface area contributed by atoms with Gasteiger partial charge in [0.25, 0.3) is 0 Å². The number of likely N-dealkylation sites (tertiary alicyclic amines) is 1. The van der Waals surface area contributed by atoms with Crippen LogP contribution in [0.5, 0.6) is 5.75 Å². The minimum absolute atomic E-state index is 0.480. The number of nitriles is 1. The normalized spacial score (nSPS) is 19.6. The van der Waals surface area contributed by atoms with Gasteiger partial charge in [-0.15, -0.1) is 0 Å². The first kappa shape index (κ1) is 15.7. The number of rotatable bonds is 5. The van der Waals surface area contributed by atoms with Crippen molar-refractivity contribution in [2.45, 2.75) is 38.6 Å². The third-order valence-electron chi connectivity index (χ3n) is 4.05. The lowest BCUT2D eigenvalue weighted by Crippen LogP contribution is -2.27. The fraction of sp³-hybridized carbons (Fsp3) is 0.588. The maximum absolute atomic E-state index is 8.96. The Balaban J connectivity index is 2.00. The molecule has 1 fully saturated rings. The van der Waals surface area contributed by atoms with E-state index in [9.17, 15) is 0 Å². The number of hydrogen-bond acceptors (Lipinski definition) is 4. The molecule has 1 N–H and O–H groups in total. The van der Waals surface area contributed by atoms with Crippen LogP contribution in [-0.2, 0) is 0 Å². The molecule has 21 heavy (non-hydrogen) atoms. The Labute approximate surface area is 127 Å². The zero-order valence-electron chi connectivity index (χ0n) is 13.1. The first-order valence-electron chi connectivity index (χ1n) is 7.83. The highest BCUT2D eigenvalue weighted by Crippen LogP contribution is 2.27. The summed E-state index contributed by atoms with van der Waals surface area (Å²) in [6.45, 7) is 5.80. The summed E-state index contributed by atoms with van der Waals surface area (Å²) in [5, 5.41) is 12.5. The first-order chi connectivity index (χ1) is 10.3. The molecule has 4 heteroatoms. The molecule has 0 radical (unpaired) electrons. The number of benzene rings is 1. The molecule has 1 heterocycles. The van der Waals surface area contributed by atoms with Crippen molar-refractivity contribution in [3.05, 3.63) is 23.8 Å². The van der Waals surface area contributed by atoms with E-state index in [0.29, 0.717) is 11.6 Å². The van der Waals surface area contributed by atoms with Gasteiger partial charge in [-0.1, -0.05) is 6.92 Å². The van der Waals surface area contributed by atoms with E-state index in [4.69, 9.17) is 10.00 Å². The van der Waals surface area contributed by atoms with Crippen LogP contribution in [0.2, 0.25) is 0 Å². The number of hydrogen-bond donors (Lipinski definition) is 1. The van der Waals surface area contributed by atoms with Gasteiger partial charge in [0.2, 0.25) is 0 Å². The lowest BCUT2D eigenvalue weighted by atomic mass is 10.1. The number of methoxy groups -OCH3 is 1. The molecular weight excluding hydrogens is 262 g/mol. The molecule has 1 aliphatic rings. The average molecular weight is 287 g/mol. The molecule has 4 nitrogen and oxygen atoms in total. The summed E-state index contributed by atoms with van der Waals surface area (Å²) >= 11 is 0. The molecule has 0 saturated carbocycles. The van der Waals surface area contributed by atoms with E-state index in [1.54, 1.807) is 13.2 Å². The molecule has 0 aliphatic carbocycles. The van der Waals surface area contributed by atoms with E-state index >= 15 is 0 Å². The summed E-state index contributed by atoms with van der Waals surface area (Å²) in [5.41, 5.74) is 1.62. The van der Waals surface area contributed by atoms with Gasteiger partial charge in [0.05, 0.1) is 24.4 Å². The Morgan fingerprint density at radius 2 is 2.24 bits per heavy atom. The van der Waals surface area contributed by atoms with Crippen molar-refractivity contribution in [2.75, 3.05) is 32.1 Å². The molecule has 1 aromatic rings. The Kier molecular flexibility index (Phi) is 5.89. The van der Waals surface area contributed by atoms with Crippen molar-refractivity contribution < 1.29 is 4.74 Å². The van der Waals surface area contributed by atoms with Crippen LogP contribution >= 0.6 is 0 Å². The lowest BCUT2D eigenvalue weighted by Gasteiger charge is -2.21. The number of nitrogens with one attached hydrogen (secondary N) is 1. The Morgan fingerprint density at radius 3 is 2.95 bits per heavy atom. The van der Waals surface area contributed by atoms with Crippen molar-refractivity contribution in [3.63, 3.8) is 0 Å². The van der Waals surface area contributed by atoms with Crippen molar-refractivity contribution >= 4 is 5.69 Å². The second-order valence-electron chi connectivity index (χ2n) is 5.64. The molecule has 2 rings (SSSR count). The topological polar surface area (TPSA) is 48.3 Å². The summed E-state index contributed by atoms with van der Waals surface area (Å²) in [6, 6.07) is 8.21. The van der Waals surface area contributed by atoms with Crippen molar-refractivity contribution in [3.8, 4) is 11.8 Å². The molecule has 1 unspecified atom stereocenters. The van der Waals surface area contributed by atoms with Crippen LogP contribution in [0, 0.1) is 11.3 Å². The van der Waals surface area contributed by atoms with E-state index in [2.05, 4.69) is 23.2 Å². The van der Waals surface area contributed by atoms with Crippen LogP contribution in [0.25, 0.3) is 0 Å². The predicted molar refractivity (Wildman–Crippen MR) is 85.7 cm³/mol. The van der Waals surface area contributed by atoms with Gasteiger partial charge in [0, 0.05) is 18.7 Å². The molecule has 1 aliphatic heterocycles. The van der Waals surface area contributed by atoms with Gasteiger partial charge in [-0.3, -0.25) is 0 Å². The second-order valence-corrected chi connectivity index (χ2v) is 5.64. The van der Waals surface area contributed by atoms with Crippen molar-refractivity contribution in [2.24, 2.45) is 0 Å². The largest absolute Gasteiger partial charge is 0.495 e. The minimum Gasteiger partial charge on any atom is -0.495 e. The van der Waals surface area contributed by atoms with E-state index in [0.717, 1.165) is 24.4 Å².